The summed E-state index contributed by atoms with van der Waals surface area (Å²) in [5.41, 5.74) is 11.0. The van der Waals surface area contributed by atoms with E-state index in [0.29, 0.717) is 5.69 Å². The number of furan rings is 1. The summed E-state index contributed by atoms with van der Waals surface area (Å²) in [7, 11) is 0. The van der Waals surface area contributed by atoms with Gasteiger partial charge in [0.25, 0.3) is 0 Å². The topological polar surface area (TPSA) is 25.2 Å². The van der Waals surface area contributed by atoms with E-state index in [9.17, 15) is 4.39 Å². The molecule has 1 aromatic heterocycles. The van der Waals surface area contributed by atoms with Gasteiger partial charge in [0.05, 0.1) is 5.41 Å². The first kappa shape index (κ1) is 23.7. The Morgan fingerprint density at radius 2 is 1.32 bits per heavy atom. The average Bonchev–Trinajstić information content (AvgIpc) is 3.52. The molecule has 8 rings (SSSR count). The van der Waals surface area contributed by atoms with Crippen molar-refractivity contribution >= 4 is 33.3 Å². The van der Waals surface area contributed by atoms with Crippen LogP contribution in [0.3, 0.4) is 0 Å². The van der Waals surface area contributed by atoms with E-state index < -0.39 is 5.41 Å². The van der Waals surface area contributed by atoms with Crippen molar-refractivity contribution in [1.82, 2.24) is 0 Å². The molecule has 0 fully saturated rings. The summed E-state index contributed by atoms with van der Waals surface area (Å²) >= 11 is 0. The first-order chi connectivity index (χ1) is 20.1. The average molecular weight is 532 g/mol. The highest BCUT2D eigenvalue weighted by molar-refractivity contribution is 6.14. The molecule has 0 saturated heterocycles. The van der Waals surface area contributed by atoms with Crippen LogP contribution in [0.1, 0.15) is 27.8 Å². The Morgan fingerprint density at radius 3 is 2.05 bits per heavy atom. The van der Waals surface area contributed by atoms with Crippen LogP contribution < -0.4 is 5.32 Å². The molecule has 1 heterocycles. The van der Waals surface area contributed by atoms with E-state index in [1.165, 1.54) is 39.9 Å². The minimum absolute atomic E-state index is 0.269. The van der Waals surface area contributed by atoms with Crippen LogP contribution in [0.15, 0.2) is 138 Å². The van der Waals surface area contributed by atoms with E-state index in [0.717, 1.165) is 38.8 Å². The molecule has 0 amide bonds. The van der Waals surface area contributed by atoms with E-state index in [4.69, 9.17) is 4.42 Å². The summed E-state index contributed by atoms with van der Waals surface area (Å²) in [5.74, 6) is -0.269. The summed E-state index contributed by atoms with van der Waals surface area (Å²) in [4.78, 5) is 0. The highest BCUT2D eigenvalue weighted by atomic mass is 19.1. The third-order valence-electron chi connectivity index (χ3n) is 8.47. The van der Waals surface area contributed by atoms with Crippen LogP contribution in [0.25, 0.3) is 33.1 Å². The maximum atomic E-state index is 14.1. The predicted octanol–water partition coefficient (Wildman–Crippen LogP) is 10.1. The first-order valence-electron chi connectivity index (χ1n) is 13.9. The zero-order chi connectivity index (χ0) is 27.6. The van der Waals surface area contributed by atoms with Crippen molar-refractivity contribution in [3.8, 4) is 11.1 Å². The van der Waals surface area contributed by atoms with Gasteiger partial charge in [-0.3, -0.25) is 0 Å². The van der Waals surface area contributed by atoms with Gasteiger partial charge in [-0.25, -0.2) is 4.39 Å². The zero-order valence-corrected chi connectivity index (χ0v) is 22.5. The van der Waals surface area contributed by atoms with Gasteiger partial charge in [-0.2, -0.15) is 0 Å². The number of hydrogen-bond acceptors (Lipinski definition) is 2. The molecular weight excluding hydrogens is 505 g/mol. The van der Waals surface area contributed by atoms with Crippen molar-refractivity contribution in [1.29, 1.82) is 0 Å². The molecule has 6 aromatic carbocycles. The molecule has 0 atom stereocenters. The van der Waals surface area contributed by atoms with E-state index in [-0.39, 0.29) is 5.82 Å². The van der Waals surface area contributed by atoms with Gasteiger partial charge in [0.1, 0.15) is 17.0 Å². The Morgan fingerprint density at radius 1 is 0.634 bits per heavy atom. The Kier molecular flexibility index (Phi) is 5.17. The molecule has 1 aliphatic rings. The second kappa shape index (κ2) is 8.94. The molecule has 196 valence electrons. The number of halogens is 1. The molecule has 41 heavy (non-hydrogen) atoms. The Balaban J connectivity index is 1.50. The van der Waals surface area contributed by atoms with Gasteiger partial charge in [-0.1, -0.05) is 97.1 Å². The molecule has 0 saturated carbocycles. The molecule has 0 aliphatic heterocycles. The third kappa shape index (κ3) is 3.42. The summed E-state index contributed by atoms with van der Waals surface area (Å²) in [5, 5.41) is 5.74. The summed E-state index contributed by atoms with van der Waals surface area (Å²) in [6.45, 7) is 2.19. The van der Waals surface area contributed by atoms with Gasteiger partial charge in [0.2, 0.25) is 0 Å². The van der Waals surface area contributed by atoms with Gasteiger partial charge in [0.15, 0.2) is 0 Å². The number of anilines is 2. The smallest absolute Gasteiger partial charge is 0.143 e. The fourth-order valence-electron chi connectivity index (χ4n) is 6.85. The standard InChI is InChI=1S/C38H26FNO/c1-24-21-33-36(37-35(24)31-17-8-9-18-34(31)41-37)30-20-19-29(40-28-16-10-15-27(39)22-28)23-32(30)38(33,25-11-4-2-5-12-25)26-13-6-3-7-14-26/h2-23,40H,1H3. The lowest BCUT2D eigenvalue weighted by Crippen LogP contribution is -2.28. The predicted molar refractivity (Wildman–Crippen MR) is 165 cm³/mol. The normalized spacial score (nSPS) is 13.3. The van der Waals surface area contributed by atoms with E-state index in [1.807, 2.05) is 18.2 Å². The van der Waals surface area contributed by atoms with Gasteiger partial charge in [-0.05, 0) is 76.7 Å². The number of hydrogen-bond donors (Lipinski definition) is 1. The first-order valence-corrected chi connectivity index (χ1v) is 13.9. The fraction of sp³-hybridized carbons (Fsp3) is 0.0526. The van der Waals surface area contributed by atoms with Crippen molar-refractivity contribution < 1.29 is 8.81 Å². The molecule has 0 unspecified atom stereocenters. The summed E-state index contributed by atoms with van der Waals surface area (Å²) in [6.07, 6.45) is 0. The summed E-state index contributed by atoms with van der Waals surface area (Å²) < 4.78 is 20.7. The number of fused-ring (bicyclic) bond motifs is 7. The highest BCUT2D eigenvalue weighted by Crippen LogP contribution is 2.59. The Bertz CT molecular complexity index is 2050. The van der Waals surface area contributed by atoms with Crippen molar-refractivity contribution in [3.63, 3.8) is 0 Å². The number of aryl methyl sites for hydroxylation is 1. The number of para-hydroxylation sites is 1. The van der Waals surface area contributed by atoms with Crippen molar-refractivity contribution in [3.05, 3.63) is 167 Å². The number of rotatable bonds is 4. The Hall–Kier alpha value is -5.15. The van der Waals surface area contributed by atoms with Crippen molar-refractivity contribution in [2.45, 2.75) is 12.3 Å². The Labute approximate surface area is 237 Å². The van der Waals surface area contributed by atoms with Crippen LogP contribution in [-0.2, 0) is 5.41 Å². The second-order valence-electron chi connectivity index (χ2n) is 10.8. The van der Waals surface area contributed by atoms with Crippen LogP contribution in [0.5, 0.6) is 0 Å². The van der Waals surface area contributed by atoms with Gasteiger partial charge < -0.3 is 9.73 Å². The molecule has 1 aliphatic carbocycles. The largest absolute Gasteiger partial charge is 0.455 e. The van der Waals surface area contributed by atoms with E-state index in [1.54, 1.807) is 6.07 Å². The molecule has 0 radical (unpaired) electrons. The lowest BCUT2D eigenvalue weighted by atomic mass is 9.67. The SMILES string of the molecule is Cc1cc2c(c3oc4ccccc4c13)-c1ccc(Nc3cccc(F)c3)cc1C2(c1ccccc1)c1ccccc1. The van der Waals surface area contributed by atoms with Gasteiger partial charge in [-0.15, -0.1) is 0 Å². The molecule has 3 heteroatoms. The van der Waals surface area contributed by atoms with Crippen molar-refractivity contribution in [2.24, 2.45) is 0 Å². The van der Waals surface area contributed by atoms with Gasteiger partial charge >= 0.3 is 0 Å². The lowest BCUT2D eigenvalue weighted by molar-refractivity contribution is 0.628. The molecule has 0 bridgehead atoms. The second-order valence-corrected chi connectivity index (χ2v) is 10.8. The minimum atomic E-state index is -0.579. The molecular formula is C38H26FNO. The monoisotopic (exact) mass is 531 g/mol. The summed E-state index contributed by atoms with van der Waals surface area (Å²) in [6, 6.07) is 45.2. The molecule has 7 aromatic rings. The maximum Gasteiger partial charge on any atom is 0.143 e. The third-order valence-corrected chi connectivity index (χ3v) is 8.47. The van der Waals surface area contributed by atoms with Gasteiger partial charge in [0, 0.05) is 27.7 Å². The van der Waals surface area contributed by atoms with Crippen LogP contribution in [0, 0.1) is 12.7 Å². The van der Waals surface area contributed by atoms with Crippen LogP contribution in [0.2, 0.25) is 0 Å². The maximum absolute atomic E-state index is 14.1. The molecule has 2 nitrogen and oxygen atoms in total. The number of benzene rings is 6. The van der Waals surface area contributed by atoms with E-state index in [2.05, 4.69) is 109 Å². The highest BCUT2D eigenvalue weighted by Gasteiger charge is 2.47. The molecule has 0 spiro atoms. The van der Waals surface area contributed by atoms with Crippen LogP contribution in [-0.4, -0.2) is 0 Å². The zero-order valence-electron chi connectivity index (χ0n) is 22.5. The quantitative estimate of drug-likeness (QED) is 0.244. The number of nitrogens with one attached hydrogen (secondary N) is 1. The van der Waals surface area contributed by atoms with Crippen LogP contribution in [0.4, 0.5) is 15.8 Å². The minimum Gasteiger partial charge on any atom is -0.455 e. The fourth-order valence-corrected chi connectivity index (χ4v) is 6.85. The van der Waals surface area contributed by atoms with Crippen LogP contribution >= 0.6 is 0 Å². The van der Waals surface area contributed by atoms with Crippen molar-refractivity contribution in [2.75, 3.05) is 5.32 Å². The molecule has 1 N–H and O–H groups in total. The van der Waals surface area contributed by atoms with E-state index >= 15 is 0 Å². The lowest BCUT2D eigenvalue weighted by Gasteiger charge is -2.34.